The molecule has 0 aromatic rings. The SMILES string of the molecule is CC(=O)/C=C(\C)N[C@H](C(C)=O)C(C)O. The van der Waals surface area contributed by atoms with Crippen LogP contribution in [0, 0.1) is 0 Å². The summed E-state index contributed by atoms with van der Waals surface area (Å²) in [5.41, 5.74) is 0.582. The lowest BCUT2D eigenvalue weighted by Crippen LogP contribution is -2.42. The number of carbonyl (C=O) groups excluding carboxylic acids is 2. The van der Waals surface area contributed by atoms with Crippen LogP contribution in [0.15, 0.2) is 11.8 Å². The third-order valence-corrected chi connectivity index (χ3v) is 1.72. The van der Waals surface area contributed by atoms with Crippen molar-refractivity contribution in [1.29, 1.82) is 0 Å². The predicted molar refractivity (Wildman–Crippen MR) is 53.7 cm³/mol. The van der Waals surface area contributed by atoms with Gasteiger partial charge in [0.05, 0.1) is 6.10 Å². The number of carbonyl (C=O) groups is 2. The Morgan fingerprint density at radius 2 is 1.79 bits per heavy atom. The smallest absolute Gasteiger partial charge is 0.154 e. The van der Waals surface area contributed by atoms with Gasteiger partial charge in [0.2, 0.25) is 0 Å². The van der Waals surface area contributed by atoms with Crippen molar-refractivity contribution in [3.05, 3.63) is 11.8 Å². The summed E-state index contributed by atoms with van der Waals surface area (Å²) in [5, 5.41) is 12.1. The molecular formula is C10H17NO3. The summed E-state index contributed by atoms with van der Waals surface area (Å²) in [6, 6.07) is -0.648. The van der Waals surface area contributed by atoms with Crippen molar-refractivity contribution < 1.29 is 14.7 Å². The molecule has 0 aromatic heterocycles. The van der Waals surface area contributed by atoms with Gasteiger partial charge in [-0.2, -0.15) is 0 Å². The van der Waals surface area contributed by atoms with Crippen molar-refractivity contribution >= 4 is 11.6 Å². The van der Waals surface area contributed by atoms with Gasteiger partial charge in [-0.25, -0.2) is 0 Å². The van der Waals surface area contributed by atoms with E-state index in [1.54, 1.807) is 6.92 Å². The number of Topliss-reactive ketones (excluding diaryl/α,β-unsaturated/α-hetero) is 1. The summed E-state index contributed by atoms with van der Waals surface area (Å²) in [6.07, 6.45) is 0.612. The van der Waals surface area contributed by atoms with Crippen LogP contribution in [0.5, 0.6) is 0 Å². The second-order valence-electron chi connectivity index (χ2n) is 3.41. The third-order valence-electron chi connectivity index (χ3n) is 1.72. The molecule has 14 heavy (non-hydrogen) atoms. The van der Waals surface area contributed by atoms with E-state index in [4.69, 9.17) is 0 Å². The largest absolute Gasteiger partial charge is 0.391 e. The van der Waals surface area contributed by atoms with Gasteiger partial charge in [-0.05, 0) is 33.8 Å². The van der Waals surface area contributed by atoms with Gasteiger partial charge in [-0.15, -0.1) is 0 Å². The van der Waals surface area contributed by atoms with Crippen LogP contribution >= 0.6 is 0 Å². The van der Waals surface area contributed by atoms with Gasteiger partial charge in [0.25, 0.3) is 0 Å². The first-order chi connectivity index (χ1) is 6.34. The summed E-state index contributed by atoms with van der Waals surface area (Å²) in [6.45, 7) is 6.03. The zero-order valence-electron chi connectivity index (χ0n) is 9.00. The molecule has 0 aliphatic carbocycles. The Morgan fingerprint density at radius 1 is 1.29 bits per heavy atom. The summed E-state index contributed by atoms with van der Waals surface area (Å²) in [7, 11) is 0. The van der Waals surface area contributed by atoms with Crippen molar-refractivity contribution in [2.45, 2.75) is 39.8 Å². The van der Waals surface area contributed by atoms with Crippen LogP contribution in [0.4, 0.5) is 0 Å². The Hall–Kier alpha value is -1.16. The van der Waals surface area contributed by atoms with E-state index in [1.807, 2.05) is 0 Å². The standard InChI is InChI=1S/C10H17NO3/c1-6(5-7(2)12)11-10(8(3)13)9(4)14/h5,8,10-11,13H,1-4H3/b6-5+/t8?,10-/m0/s1. The van der Waals surface area contributed by atoms with Crippen LogP contribution in [0.25, 0.3) is 0 Å². The van der Waals surface area contributed by atoms with Crippen LogP contribution in [0.3, 0.4) is 0 Å². The monoisotopic (exact) mass is 199 g/mol. The minimum absolute atomic E-state index is 0.0945. The Bertz CT molecular complexity index is 256. The average molecular weight is 199 g/mol. The number of allylic oxidation sites excluding steroid dienone is 2. The molecule has 0 saturated heterocycles. The fourth-order valence-electron chi connectivity index (χ4n) is 1.15. The van der Waals surface area contributed by atoms with Crippen LogP contribution < -0.4 is 5.32 Å². The van der Waals surface area contributed by atoms with E-state index < -0.39 is 12.1 Å². The van der Waals surface area contributed by atoms with Crippen molar-refractivity contribution in [3.8, 4) is 0 Å². The van der Waals surface area contributed by atoms with Gasteiger partial charge < -0.3 is 10.4 Å². The third kappa shape index (κ3) is 4.77. The van der Waals surface area contributed by atoms with Crippen molar-refractivity contribution in [3.63, 3.8) is 0 Å². The summed E-state index contributed by atoms with van der Waals surface area (Å²) >= 11 is 0. The number of rotatable bonds is 5. The Balaban J connectivity index is 4.46. The molecule has 2 N–H and O–H groups in total. The first kappa shape index (κ1) is 12.8. The molecule has 4 heteroatoms. The molecule has 0 radical (unpaired) electrons. The van der Waals surface area contributed by atoms with E-state index in [9.17, 15) is 14.7 Å². The lowest BCUT2D eigenvalue weighted by Gasteiger charge is -2.19. The molecule has 0 aliphatic rings. The average Bonchev–Trinajstić information content (AvgIpc) is 1.97. The summed E-state index contributed by atoms with van der Waals surface area (Å²) in [5.74, 6) is -0.251. The lowest BCUT2D eigenvalue weighted by molar-refractivity contribution is -0.121. The number of hydrogen-bond donors (Lipinski definition) is 2. The maximum Gasteiger partial charge on any atom is 0.154 e. The quantitative estimate of drug-likeness (QED) is 0.629. The Kier molecular flexibility index (Phi) is 5.09. The van der Waals surface area contributed by atoms with E-state index in [0.29, 0.717) is 5.70 Å². The molecule has 0 rings (SSSR count). The number of aliphatic hydroxyl groups is 1. The summed E-state index contributed by atoms with van der Waals surface area (Å²) in [4.78, 5) is 21.8. The first-order valence-electron chi connectivity index (χ1n) is 4.48. The molecule has 0 heterocycles. The second-order valence-corrected chi connectivity index (χ2v) is 3.41. The van der Waals surface area contributed by atoms with Crippen molar-refractivity contribution in [1.82, 2.24) is 5.32 Å². The van der Waals surface area contributed by atoms with E-state index in [2.05, 4.69) is 5.32 Å². The van der Waals surface area contributed by atoms with Gasteiger partial charge >= 0.3 is 0 Å². The van der Waals surface area contributed by atoms with Crippen LogP contribution in [0.2, 0.25) is 0 Å². The topological polar surface area (TPSA) is 66.4 Å². The zero-order chi connectivity index (χ0) is 11.3. The van der Waals surface area contributed by atoms with Crippen LogP contribution in [-0.4, -0.2) is 28.8 Å². The highest BCUT2D eigenvalue weighted by atomic mass is 16.3. The minimum Gasteiger partial charge on any atom is -0.391 e. The van der Waals surface area contributed by atoms with Gasteiger partial charge in [0.1, 0.15) is 6.04 Å². The zero-order valence-corrected chi connectivity index (χ0v) is 9.00. The highest BCUT2D eigenvalue weighted by molar-refractivity contribution is 5.88. The number of aliphatic hydroxyl groups excluding tert-OH is 1. The molecule has 0 amide bonds. The molecule has 0 bridgehead atoms. The molecule has 0 fully saturated rings. The fraction of sp³-hybridized carbons (Fsp3) is 0.600. The first-order valence-corrected chi connectivity index (χ1v) is 4.48. The molecule has 0 aliphatic heterocycles. The highest BCUT2D eigenvalue weighted by Crippen LogP contribution is 1.99. The molecule has 0 saturated carbocycles. The lowest BCUT2D eigenvalue weighted by atomic mass is 10.1. The molecule has 0 aromatic carbocycles. The maximum atomic E-state index is 11.1. The molecular weight excluding hydrogens is 182 g/mol. The fourth-order valence-corrected chi connectivity index (χ4v) is 1.15. The normalized spacial score (nSPS) is 15.9. The second kappa shape index (κ2) is 5.54. The van der Waals surface area contributed by atoms with Gasteiger partial charge in [0, 0.05) is 5.70 Å². The van der Waals surface area contributed by atoms with Gasteiger partial charge in [-0.1, -0.05) is 0 Å². The van der Waals surface area contributed by atoms with Crippen LogP contribution in [0.1, 0.15) is 27.7 Å². The molecule has 2 atom stereocenters. The minimum atomic E-state index is -0.775. The molecule has 0 spiro atoms. The van der Waals surface area contributed by atoms with E-state index in [0.717, 1.165) is 0 Å². The maximum absolute atomic E-state index is 11.1. The number of hydrogen-bond acceptors (Lipinski definition) is 4. The van der Waals surface area contributed by atoms with E-state index in [1.165, 1.54) is 26.8 Å². The van der Waals surface area contributed by atoms with E-state index in [-0.39, 0.29) is 11.6 Å². The van der Waals surface area contributed by atoms with E-state index >= 15 is 0 Å². The summed E-state index contributed by atoms with van der Waals surface area (Å²) < 4.78 is 0. The van der Waals surface area contributed by atoms with Crippen LogP contribution in [-0.2, 0) is 9.59 Å². The van der Waals surface area contributed by atoms with Crippen molar-refractivity contribution in [2.24, 2.45) is 0 Å². The molecule has 80 valence electrons. The molecule has 1 unspecified atom stereocenters. The molecule has 4 nitrogen and oxygen atoms in total. The highest BCUT2D eigenvalue weighted by Gasteiger charge is 2.19. The van der Waals surface area contributed by atoms with Crippen molar-refractivity contribution in [2.75, 3.05) is 0 Å². The van der Waals surface area contributed by atoms with Gasteiger partial charge in [0.15, 0.2) is 11.6 Å². The predicted octanol–water partition coefficient (Wildman–Crippen LogP) is 0.407. The Labute approximate surface area is 84.0 Å². The number of ketones is 2. The van der Waals surface area contributed by atoms with Gasteiger partial charge in [-0.3, -0.25) is 9.59 Å². The Morgan fingerprint density at radius 3 is 2.07 bits per heavy atom. The number of nitrogens with one attached hydrogen (secondary N) is 1.